The number of aliphatic hydroxyl groups is 1. The highest BCUT2D eigenvalue weighted by Crippen LogP contribution is 2.75. The second-order valence-corrected chi connectivity index (χ2v) is 17.5. The number of carbonyl (C=O) groups is 2. The first-order chi connectivity index (χ1) is 18.9. The lowest BCUT2D eigenvalue weighted by molar-refractivity contribution is -0.203. The summed E-state index contributed by atoms with van der Waals surface area (Å²) in [5.41, 5.74) is 1.62. The van der Waals surface area contributed by atoms with Gasteiger partial charge in [0.1, 0.15) is 6.04 Å². The largest absolute Gasteiger partial charge is 0.467 e. The molecule has 5 rings (SSSR count). The highest BCUT2D eigenvalue weighted by Gasteiger charge is 2.69. The number of esters is 1. The molecule has 5 nitrogen and oxygen atoms in total. The molecule has 9 atom stereocenters. The van der Waals surface area contributed by atoms with Crippen LogP contribution in [0.5, 0.6) is 0 Å². The molecule has 41 heavy (non-hydrogen) atoms. The Balaban J connectivity index is 1.55. The van der Waals surface area contributed by atoms with Gasteiger partial charge in [-0.15, -0.1) is 0 Å². The van der Waals surface area contributed by atoms with Gasteiger partial charge in [0, 0.05) is 0 Å². The summed E-state index contributed by atoms with van der Waals surface area (Å²) in [5, 5.41) is 14.2. The monoisotopic (exact) mass is 569 g/mol. The molecule has 5 heteroatoms. The summed E-state index contributed by atoms with van der Waals surface area (Å²) in [6, 6.07) is -0.617. The van der Waals surface area contributed by atoms with E-state index in [2.05, 4.69) is 59.9 Å². The first-order valence-corrected chi connectivity index (χ1v) is 16.7. The smallest absolute Gasteiger partial charge is 0.328 e. The lowest BCUT2D eigenvalue weighted by Gasteiger charge is -2.71. The first kappa shape index (κ1) is 31.1. The third kappa shape index (κ3) is 4.32. The lowest BCUT2D eigenvalue weighted by atomic mass is 9.33. The van der Waals surface area contributed by atoms with Gasteiger partial charge in [-0.2, -0.15) is 0 Å². The number of fused-ring (bicyclic) bond motifs is 7. The van der Waals surface area contributed by atoms with Gasteiger partial charge >= 0.3 is 5.97 Å². The number of hydrogen-bond donors (Lipinski definition) is 2. The van der Waals surface area contributed by atoms with Gasteiger partial charge in [0.25, 0.3) is 0 Å². The van der Waals surface area contributed by atoms with Crippen LogP contribution in [0, 0.1) is 56.2 Å². The van der Waals surface area contributed by atoms with Gasteiger partial charge in [0.2, 0.25) is 5.91 Å². The molecule has 0 aromatic carbocycles. The van der Waals surface area contributed by atoms with E-state index in [4.69, 9.17) is 4.74 Å². The fourth-order valence-electron chi connectivity index (χ4n) is 11.5. The number of nitrogens with one attached hydrogen (secondary N) is 1. The van der Waals surface area contributed by atoms with E-state index in [1.807, 2.05) is 13.8 Å². The summed E-state index contributed by atoms with van der Waals surface area (Å²) in [5.74, 6) is 0.994. The molecule has 0 bridgehead atoms. The van der Waals surface area contributed by atoms with Crippen molar-refractivity contribution in [1.82, 2.24) is 5.32 Å². The quantitative estimate of drug-likeness (QED) is 0.272. The molecule has 4 fully saturated rings. The number of rotatable bonds is 4. The zero-order valence-corrected chi connectivity index (χ0v) is 27.8. The molecular weight excluding hydrogens is 510 g/mol. The Morgan fingerprint density at radius 3 is 2.22 bits per heavy atom. The molecule has 2 N–H and O–H groups in total. The summed E-state index contributed by atoms with van der Waals surface area (Å²) < 4.78 is 5.10. The highest BCUT2D eigenvalue weighted by atomic mass is 16.5. The van der Waals surface area contributed by atoms with Crippen LogP contribution in [0.4, 0.5) is 0 Å². The van der Waals surface area contributed by atoms with Crippen molar-refractivity contribution >= 4 is 11.9 Å². The summed E-state index contributed by atoms with van der Waals surface area (Å²) in [4.78, 5) is 27.1. The second kappa shape index (κ2) is 9.83. The molecule has 0 spiro atoms. The number of methoxy groups -OCH3 is 1. The van der Waals surface area contributed by atoms with Crippen molar-refractivity contribution in [2.24, 2.45) is 56.2 Å². The molecule has 4 saturated carbocycles. The number of amides is 1. The molecule has 5 aliphatic carbocycles. The predicted molar refractivity (Wildman–Crippen MR) is 164 cm³/mol. The Morgan fingerprint density at radius 1 is 0.927 bits per heavy atom. The van der Waals surface area contributed by atoms with Gasteiger partial charge in [-0.3, -0.25) is 4.79 Å². The van der Waals surface area contributed by atoms with Gasteiger partial charge < -0.3 is 15.2 Å². The Kier molecular flexibility index (Phi) is 7.45. The van der Waals surface area contributed by atoms with E-state index in [9.17, 15) is 14.7 Å². The molecule has 0 aliphatic heterocycles. The van der Waals surface area contributed by atoms with Crippen molar-refractivity contribution in [3.63, 3.8) is 0 Å². The van der Waals surface area contributed by atoms with Crippen molar-refractivity contribution in [1.29, 1.82) is 0 Å². The van der Waals surface area contributed by atoms with Crippen LogP contribution >= 0.6 is 0 Å². The molecule has 232 valence electrons. The predicted octanol–water partition coefficient (Wildman–Crippen LogP) is 7.46. The van der Waals surface area contributed by atoms with Crippen LogP contribution in [0.3, 0.4) is 0 Å². The summed E-state index contributed by atoms with van der Waals surface area (Å²) in [7, 11) is 1.41. The third-order valence-corrected chi connectivity index (χ3v) is 14.5. The van der Waals surface area contributed by atoms with Crippen molar-refractivity contribution < 1.29 is 19.4 Å². The van der Waals surface area contributed by atoms with Crippen molar-refractivity contribution in [2.75, 3.05) is 7.11 Å². The molecule has 0 aromatic heterocycles. The van der Waals surface area contributed by atoms with Crippen molar-refractivity contribution in [3.8, 4) is 0 Å². The van der Waals surface area contributed by atoms with E-state index in [0.717, 1.165) is 51.4 Å². The molecular formula is C36H59NO4. The molecule has 0 heterocycles. The van der Waals surface area contributed by atoms with Crippen LogP contribution in [0.2, 0.25) is 0 Å². The van der Waals surface area contributed by atoms with Crippen molar-refractivity contribution in [3.05, 3.63) is 11.6 Å². The van der Waals surface area contributed by atoms with E-state index in [0.29, 0.717) is 11.8 Å². The minimum atomic E-state index is -0.617. The molecule has 0 saturated heterocycles. The van der Waals surface area contributed by atoms with Crippen molar-refractivity contribution in [2.45, 2.75) is 139 Å². The Bertz CT molecular complexity index is 1110. The first-order valence-electron chi connectivity index (χ1n) is 16.7. The average molecular weight is 570 g/mol. The number of aliphatic hydroxyl groups excluding tert-OH is 1. The lowest BCUT2D eigenvalue weighted by Crippen LogP contribution is -2.66. The van der Waals surface area contributed by atoms with Crippen LogP contribution in [0.1, 0.15) is 127 Å². The average Bonchev–Trinajstić information content (AvgIpc) is 2.89. The zero-order valence-electron chi connectivity index (χ0n) is 27.8. The normalized spacial score (nSPS) is 45.2. The minimum absolute atomic E-state index is 0.0297. The van der Waals surface area contributed by atoms with Crippen LogP contribution in [-0.4, -0.2) is 36.2 Å². The number of ether oxygens (including phenoxy) is 1. The van der Waals surface area contributed by atoms with E-state index in [-0.39, 0.29) is 56.9 Å². The number of allylic oxidation sites excluding steroid dienone is 2. The number of carbonyl (C=O) groups excluding carboxylic acids is 2. The van der Waals surface area contributed by atoms with Gasteiger partial charge in [-0.25, -0.2) is 4.79 Å². The maximum atomic E-state index is 14.4. The fourth-order valence-corrected chi connectivity index (χ4v) is 11.5. The topological polar surface area (TPSA) is 75.6 Å². The Hall–Kier alpha value is -1.36. The van der Waals surface area contributed by atoms with E-state index < -0.39 is 11.5 Å². The zero-order chi connectivity index (χ0) is 30.4. The third-order valence-electron chi connectivity index (χ3n) is 14.5. The van der Waals surface area contributed by atoms with Gasteiger partial charge in [0.05, 0.1) is 18.6 Å². The Labute approximate surface area is 250 Å². The van der Waals surface area contributed by atoms with Crippen LogP contribution in [0.15, 0.2) is 11.6 Å². The van der Waals surface area contributed by atoms with Crippen LogP contribution in [-0.2, 0) is 14.3 Å². The Morgan fingerprint density at radius 2 is 1.59 bits per heavy atom. The van der Waals surface area contributed by atoms with Crippen LogP contribution in [0.25, 0.3) is 0 Å². The van der Waals surface area contributed by atoms with Gasteiger partial charge in [0.15, 0.2) is 0 Å². The van der Waals surface area contributed by atoms with E-state index in [1.165, 1.54) is 20.0 Å². The maximum Gasteiger partial charge on any atom is 0.328 e. The number of hydrogen-bond acceptors (Lipinski definition) is 4. The minimum Gasteiger partial charge on any atom is -0.467 e. The van der Waals surface area contributed by atoms with E-state index in [1.54, 1.807) is 5.57 Å². The van der Waals surface area contributed by atoms with Gasteiger partial charge in [-0.1, -0.05) is 74.0 Å². The molecule has 0 aromatic rings. The maximum absolute atomic E-state index is 14.4. The van der Waals surface area contributed by atoms with E-state index >= 15 is 0 Å². The van der Waals surface area contributed by atoms with Crippen LogP contribution < -0.4 is 5.32 Å². The summed E-state index contributed by atoms with van der Waals surface area (Å²) >= 11 is 0. The molecule has 1 amide bonds. The molecule has 5 aliphatic rings. The SMILES string of the molecule is COC(=O)[C@H](NC(=O)[C@]12CCC(C)(C)C[C@H]1C1=CC[C@@H]3[C@@]4(C)CC[C@H](O)C(C)(C)[C@@H]4CC[C@@]3(C)[C@]1(C)CC2)C(C)C. The second-order valence-electron chi connectivity index (χ2n) is 17.5. The fraction of sp³-hybridized carbons (Fsp3) is 0.889. The molecule has 0 radical (unpaired) electrons. The van der Waals surface area contributed by atoms with Gasteiger partial charge in [-0.05, 0) is 115 Å². The highest BCUT2D eigenvalue weighted by molar-refractivity contribution is 5.89. The summed E-state index contributed by atoms with van der Waals surface area (Å²) in [6.45, 7) is 21.0. The standard InChI is InChI=1S/C36H59NO4/c1-22(2)28(29(39)41-10)37-30(40)36-19-17-31(3,4)21-24(36)23-11-12-26-33(7)15-14-27(38)32(5,6)25(33)13-16-35(26,9)34(23,8)18-20-36/h11,22,24-28,38H,12-21H2,1-10H3,(H,37,40)/t24-,25-,26+,27-,28+,33-,34+,35+,36-/m0/s1. The molecule has 0 unspecified atom stereocenters. The summed E-state index contributed by atoms with van der Waals surface area (Å²) in [6.07, 6.45) is 12.7.